The van der Waals surface area contributed by atoms with Gasteiger partial charge in [-0.1, -0.05) is 32.0 Å². The average molecular weight is 250 g/mol. The molecule has 0 saturated heterocycles. The lowest BCUT2D eigenvalue weighted by molar-refractivity contribution is -0.126. The number of hydrogen-bond donors (Lipinski definition) is 2. The van der Waals surface area contributed by atoms with Gasteiger partial charge < -0.3 is 15.4 Å². The van der Waals surface area contributed by atoms with E-state index in [0.717, 1.165) is 17.9 Å². The van der Waals surface area contributed by atoms with Crippen molar-refractivity contribution in [3.8, 4) is 5.75 Å². The number of nitrogens with one attached hydrogen (secondary N) is 2. The molecule has 1 aromatic rings. The molecule has 0 bridgehead atoms. The summed E-state index contributed by atoms with van der Waals surface area (Å²) < 4.78 is 5.68. The van der Waals surface area contributed by atoms with Crippen molar-refractivity contribution in [3.63, 3.8) is 0 Å². The van der Waals surface area contributed by atoms with E-state index in [-0.39, 0.29) is 5.91 Å². The topological polar surface area (TPSA) is 50.4 Å². The zero-order valence-electron chi connectivity index (χ0n) is 11.5. The quantitative estimate of drug-likeness (QED) is 0.808. The Balaban J connectivity index is 2.72. The van der Waals surface area contributed by atoms with Gasteiger partial charge in [-0.2, -0.15) is 0 Å². The minimum Gasteiger partial charge on any atom is -0.481 e. The van der Waals surface area contributed by atoms with Crippen LogP contribution in [0.4, 0.5) is 0 Å². The van der Waals surface area contributed by atoms with Gasteiger partial charge in [0, 0.05) is 25.2 Å². The van der Waals surface area contributed by atoms with E-state index in [0.29, 0.717) is 6.04 Å². The molecule has 1 rings (SSSR count). The van der Waals surface area contributed by atoms with E-state index in [1.54, 1.807) is 14.0 Å². The summed E-state index contributed by atoms with van der Waals surface area (Å²) in [6.07, 6.45) is -0.491. The van der Waals surface area contributed by atoms with E-state index < -0.39 is 6.10 Å². The van der Waals surface area contributed by atoms with Crippen LogP contribution in [0.25, 0.3) is 0 Å². The number of likely N-dealkylation sites (N-methyl/N-ethyl adjacent to an activating group) is 1. The normalized spacial score (nSPS) is 12.3. The molecule has 0 aliphatic heterocycles. The van der Waals surface area contributed by atoms with Gasteiger partial charge in [-0.15, -0.1) is 0 Å². The molecule has 1 unspecified atom stereocenters. The Kier molecular flexibility index (Phi) is 5.65. The number of carbonyl (C=O) groups excluding carboxylic acids is 1. The van der Waals surface area contributed by atoms with Crippen molar-refractivity contribution in [2.45, 2.75) is 39.5 Å². The average Bonchev–Trinajstić information content (AvgIpc) is 2.36. The smallest absolute Gasteiger partial charge is 0.260 e. The zero-order chi connectivity index (χ0) is 13.5. The van der Waals surface area contributed by atoms with Gasteiger partial charge in [-0.05, 0) is 13.0 Å². The van der Waals surface area contributed by atoms with Gasteiger partial charge in [0.1, 0.15) is 5.75 Å². The van der Waals surface area contributed by atoms with Crippen LogP contribution in [0.2, 0.25) is 0 Å². The molecule has 2 N–H and O–H groups in total. The van der Waals surface area contributed by atoms with Crippen molar-refractivity contribution in [1.82, 2.24) is 10.6 Å². The van der Waals surface area contributed by atoms with E-state index in [1.165, 1.54) is 0 Å². The molecule has 0 aliphatic carbocycles. The first-order valence-electron chi connectivity index (χ1n) is 6.24. The lowest BCUT2D eigenvalue weighted by Crippen LogP contribution is -2.34. The van der Waals surface area contributed by atoms with Crippen LogP contribution in [0.15, 0.2) is 24.3 Å². The lowest BCUT2D eigenvalue weighted by atomic mass is 10.2. The van der Waals surface area contributed by atoms with Gasteiger partial charge in [0.25, 0.3) is 5.91 Å². The molecule has 1 aromatic carbocycles. The van der Waals surface area contributed by atoms with Gasteiger partial charge in [0.15, 0.2) is 6.10 Å². The second-order valence-electron chi connectivity index (χ2n) is 4.52. The van der Waals surface area contributed by atoms with E-state index in [2.05, 4.69) is 24.5 Å². The van der Waals surface area contributed by atoms with Crippen LogP contribution >= 0.6 is 0 Å². The third kappa shape index (κ3) is 4.37. The SMILES string of the molecule is CNC(=O)C(C)Oc1ccccc1CNC(C)C. The largest absolute Gasteiger partial charge is 0.481 e. The highest BCUT2D eigenvalue weighted by Crippen LogP contribution is 2.19. The molecule has 0 aliphatic rings. The summed E-state index contributed by atoms with van der Waals surface area (Å²) in [7, 11) is 1.61. The number of ether oxygens (including phenoxy) is 1. The molecule has 1 atom stereocenters. The Morgan fingerprint density at radius 3 is 2.56 bits per heavy atom. The first-order valence-corrected chi connectivity index (χ1v) is 6.24. The molecule has 0 radical (unpaired) electrons. The predicted molar refractivity (Wildman–Crippen MR) is 72.6 cm³/mol. The van der Waals surface area contributed by atoms with Crippen LogP contribution in [0.1, 0.15) is 26.3 Å². The minimum atomic E-state index is -0.491. The van der Waals surface area contributed by atoms with E-state index in [1.807, 2.05) is 24.3 Å². The Morgan fingerprint density at radius 2 is 1.94 bits per heavy atom. The zero-order valence-corrected chi connectivity index (χ0v) is 11.5. The van der Waals surface area contributed by atoms with Crippen molar-refractivity contribution >= 4 is 5.91 Å². The van der Waals surface area contributed by atoms with Crippen LogP contribution in [0.5, 0.6) is 5.75 Å². The molecule has 0 heterocycles. The summed E-state index contributed by atoms with van der Waals surface area (Å²) in [5.74, 6) is 0.628. The molecular weight excluding hydrogens is 228 g/mol. The third-order valence-electron chi connectivity index (χ3n) is 2.59. The van der Waals surface area contributed by atoms with Crippen molar-refractivity contribution in [3.05, 3.63) is 29.8 Å². The Labute approximate surface area is 109 Å². The number of benzene rings is 1. The van der Waals surface area contributed by atoms with Crippen LogP contribution in [0, 0.1) is 0 Å². The Bertz CT molecular complexity index is 391. The standard InChI is InChI=1S/C14H22N2O2/c1-10(2)16-9-12-7-5-6-8-13(12)18-11(3)14(17)15-4/h5-8,10-11,16H,9H2,1-4H3,(H,15,17). The minimum absolute atomic E-state index is 0.123. The number of para-hydroxylation sites is 1. The molecule has 0 fully saturated rings. The van der Waals surface area contributed by atoms with Crippen molar-refractivity contribution in [2.75, 3.05) is 7.05 Å². The number of carbonyl (C=O) groups is 1. The van der Waals surface area contributed by atoms with Gasteiger partial charge in [-0.25, -0.2) is 0 Å². The molecule has 100 valence electrons. The van der Waals surface area contributed by atoms with Gasteiger partial charge >= 0.3 is 0 Å². The fraction of sp³-hybridized carbons (Fsp3) is 0.500. The second kappa shape index (κ2) is 7.01. The molecule has 4 nitrogen and oxygen atoms in total. The van der Waals surface area contributed by atoms with Crippen LogP contribution in [0.3, 0.4) is 0 Å². The fourth-order valence-corrected chi connectivity index (χ4v) is 1.53. The van der Waals surface area contributed by atoms with Crippen LogP contribution in [-0.4, -0.2) is 25.1 Å². The number of hydrogen-bond acceptors (Lipinski definition) is 3. The first-order chi connectivity index (χ1) is 8.54. The summed E-state index contributed by atoms with van der Waals surface area (Å²) in [6, 6.07) is 8.17. The summed E-state index contributed by atoms with van der Waals surface area (Å²) in [5, 5.41) is 5.91. The van der Waals surface area contributed by atoms with E-state index in [9.17, 15) is 4.79 Å². The first kappa shape index (κ1) is 14.5. The number of amides is 1. The maximum Gasteiger partial charge on any atom is 0.260 e. The van der Waals surface area contributed by atoms with E-state index >= 15 is 0 Å². The molecule has 4 heteroatoms. The Morgan fingerprint density at radius 1 is 1.28 bits per heavy atom. The maximum atomic E-state index is 11.4. The third-order valence-corrected chi connectivity index (χ3v) is 2.59. The Hall–Kier alpha value is -1.55. The summed E-state index contributed by atoms with van der Waals surface area (Å²) in [6.45, 7) is 6.66. The van der Waals surface area contributed by atoms with Crippen molar-refractivity contribution in [2.24, 2.45) is 0 Å². The summed E-state index contributed by atoms with van der Waals surface area (Å²) in [5.41, 5.74) is 1.06. The summed E-state index contributed by atoms with van der Waals surface area (Å²) >= 11 is 0. The lowest BCUT2D eigenvalue weighted by Gasteiger charge is -2.17. The highest BCUT2D eigenvalue weighted by atomic mass is 16.5. The molecule has 0 aromatic heterocycles. The monoisotopic (exact) mass is 250 g/mol. The molecule has 0 spiro atoms. The van der Waals surface area contributed by atoms with Crippen LogP contribution < -0.4 is 15.4 Å². The van der Waals surface area contributed by atoms with Gasteiger partial charge in [-0.3, -0.25) is 4.79 Å². The molecular formula is C14H22N2O2. The van der Waals surface area contributed by atoms with E-state index in [4.69, 9.17) is 4.74 Å². The number of rotatable bonds is 6. The summed E-state index contributed by atoms with van der Waals surface area (Å²) in [4.78, 5) is 11.4. The molecule has 1 amide bonds. The van der Waals surface area contributed by atoms with Crippen molar-refractivity contribution in [1.29, 1.82) is 0 Å². The molecule has 0 saturated carbocycles. The second-order valence-corrected chi connectivity index (χ2v) is 4.52. The van der Waals surface area contributed by atoms with Gasteiger partial charge in [0.2, 0.25) is 0 Å². The fourth-order valence-electron chi connectivity index (χ4n) is 1.53. The van der Waals surface area contributed by atoms with Crippen LogP contribution in [-0.2, 0) is 11.3 Å². The maximum absolute atomic E-state index is 11.4. The van der Waals surface area contributed by atoms with Crippen molar-refractivity contribution < 1.29 is 9.53 Å². The highest BCUT2D eigenvalue weighted by molar-refractivity contribution is 5.80. The predicted octanol–water partition coefficient (Wildman–Crippen LogP) is 1.70. The molecule has 18 heavy (non-hydrogen) atoms. The van der Waals surface area contributed by atoms with Gasteiger partial charge in [0.05, 0.1) is 0 Å². The highest BCUT2D eigenvalue weighted by Gasteiger charge is 2.14.